The number of hydrogen-bond donors (Lipinski definition) is 3. The van der Waals surface area contributed by atoms with Gasteiger partial charge in [-0.2, -0.15) is 0 Å². The molecule has 3 rings (SSSR count). The minimum absolute atomic E-state index is 0.0136. The van der Waals surface area contributed by atoms with Crippen molar-refractivity contribution in [2.45, 2.75) is 31.8 Å². The molecule has 1 aliphatic carbocycles. The fourth-order valence-electron chi connectivity index (χ4n) is 2.15. The first-order valence-corrected chi connectivity index (χ1v) is 7.62. The number of hydrogen-bond acceptors (Lipinski definition) is 4. The van der Waals surface area contributed by atoms with Gasteiger partial charge in [0.25, 0.3) is 5.91 Å². The molecule has 1 atom stereocenters. The highest BCUT2D eigenvalue weighted by molar-refractivity contribution is 6.04. The van der Waals surface area contributed by atoms with E-state index < -0.39 is 0 Å². The molecule has 1 heterocycles. The highest BCUT2D eigenvalue weighted by atomic mass is 16.3. The summed E-state index contributed by atoms with van der Waals surface area (Å²) < 4.78 is 4.90. The first-order chi connectivity index (χ1) is 11.1. The van der Waals surface area contributed by atoms with Crippen LogP contribution in [0.25, 0.3) is 0 Å². The Hall–Kier alpha value is -2.76. The second-order valence-corrected chi connectivity index (χ2v) is 5.70. The van der Waals surface area contributed by atoms with Crippen molar-refractivity contribution in [3.05, 3.63) is 48.4 Å². The van der Waals surface area contributed by atoms with Gasteiger partial charge in [-0.05, 0) is 44.0 Å². The predicted molar refractivity (Wildman–Crippen MR) is 87.4 cm³/mol. The van der Waals surface area contributed by atoms with Crippen LogP contribution in [0.15, 0.2) is 47.3 Å². The summed E-state index contributed by atoms with van der Waals surface area (Å²) in [6.07, 6.45) is 4.97. The van der Waals surface area contributed by atoms with Crippen molar-refractivity contribution in [3.8, 4) is 0 Å². The lowest BCUT2D eigenvalue weighted by Crippen LogP contribution is -2.38. The van der Waals surface area contributed by atoms with Gasteiger partial charge in [0.1, 0.15) is 12.3 Å². The molecule has 0 spiro atoms. The standard InChI is InChI=1S/C17H19N3O3/c1-11(16(21)19-13-5-6-13)18-14-3-2-4-15(9-14)20-17(22)12-7-8-23-10-12/h2-4,7-11,13,18H,5-6H2,1H3,(H,19,21)(H,20,22). The van der Waals surface area contributed by atoms with Gasteiger partial charge in [0.15, 0.2) is 0 Å². The lowest BCUT2D eigenvalue weighted by molar-refractivity contribution is -0.121. The minimum atomic E-state index is -0.338. The van der Waals surface area contributed by atoms with Crippen molar-refractivity contribution in [1.82, 2.24) is 5.32 Å². The van der Waals surface area contributed by atoms with Crippen LogP contribution in [-0.2, 0) is 4.79 Å². The first-order valence-electron chi connectivity index (χ1n) is 7.62. The molecular formula is C17H19N3O3. The number of furan rings is 1. The van der Waals surface area contributed by atoms with E-state index in [0.717, 1.165) is 18.5 Å². The van der Waals surface area contributed by atoms with Gasteiger partial charge in [-0.3, -0.25) is 9.59 Å². The maximum absolute atomic E-state index is 12.0. The molecule has 0 radical (unpaired) electrons. The summed E-state index contributed by atoms with van der Waals surface area (Å²) in [5.74, 6) is -0.254. The van der Waals surface area contributed by atoms with E-state index in [2.05, 4.69) is 16.0 Å². The van der Waals surface area contributed by atoms with Gasteiger partial charge >= 0.3 is 0 Å². The monoisotopic (exact) mass is 313 g/mol. The third-order valence-electron chi connectivity index (χ3n) is 3.60. The highest BCUT2D eigenvalue weighted by Crippen LogP contribution is 2.20. The van der Waals surface area contributed by atoms with Crippen LogP contribution in [0, 0.1) is 0 Å². The van der Waals surface area contributed by atoms with Crippen molar-refractivity contribution in [1.29, 1.82) is 0 Å². The first kappa shape index (κ1) is 15.1. The van der Waals surface area contributed by atoms with Crippen LogP contribution >= 0.6 is 0 Å². The van der Waals surface area contributed by atoms with E-state index in [4.69, 9.17) is 4.42 Å². The fourth-order valence-corrected chi connectivity index (χ4v) is 2.15. The lowest BCUT2D eigenvalue weighted by Gasteiger charge is -2.16. The number of carbonyl (C=O) groups excluding carboxylic acids is 2. The summed E-state index contributed by atoms with van der Waals surface area (Å²) in [7, 11) is 0. The number of rotatable bonds is 6. The predicted octanol–water partition coefficient (Wildman–Crippen LogP) is 2.61. The van der Waals surface area contributed by atoms with Gasteiger partial charge in [0.2, 0.25) is 5.91 Å². The second-order valence-electron chi connectivity index (χ2n) is 5.70. The molecule has 0 bridgehead atoms. The fraction of sp³-hybridized carbons (Fsp3) is 0.294. The number of carbonyl (C=O) groups is 2. The Bertz CT molecular complexity index is 693. The summed E-state index contributed by atoms with van der Waals surface area (Å²) in [5.41, 5.74) is 1.88. The van der Waals surface area contributed by atoms with Crippen LogP contribution in [0.4, 0.5) is 11.4 Å². The van der Waals surface area contributed by atoms with E-state index in [1.54, 1.807) is 18.2 Å². The average molecular weight is 313 g/mol. The van der Waals surface area contributed by atoms with Crippen LogP contribution in [0.2, 0.25) is 0 Å². The Kier molecular flexibility index (Phi) is 4.32. The third-order valence-corrected chi connectivity index (χ3v) is 3.60. The summed E-state index contributed by atoms with van der Waals surface area (Å²) >= 11 is 0. The lowest BCUT2D eigenvalue weighted by atomic mass is 10.2. The van der Waals surface area contributed by atoms with Crippen molar-refractivity contribution in [3.63, 3.8) is 0 Å². The van der Waals surface area contributed by atoms with E-state index in [9.17, 15) is 9.59 Å². The SMILES string of the molecule is CC(Nc1cccc(NC(=O)c2ccoc2)c1)C(=O)NC1CC1. The van der Waals surface area contributed by atoms with E-state index in [-0.39, 0.29) is 17.9 Å². The highest BCUT2D eigenvalue weighted by Gasteiger charge is 2.25. The molecule has 0 aliphatic heterocycles. The van der Waals surface area contributed by atoms with Crippen molar-refractivity contribution < 1.29 is 14.0 Å². The number of nitrogens with one attached hydrogen (secondary N) is 3. The molecular weight excluding hydrogens is 294 g/mol. The van der Waals surface area contributed by atoms with E-state index in [1.807, 2.05) is 19.1 Å². The third kappa shape index (κ3) is 4.12. The molecule has 120 valence electrons. The normalized spacial score (nSPS) is 14.8. The van der Waals surface area contributed by atoms with Gasteiger partial charge in [0, 0.05) is 17.4 Å². The Balaban J connectivity index is 1.60. The minimum Gasteiger partial charge on any atom is -0.472 e. The molecule has 23 heavy (non-hydrogen) atoms. The quantitative estimate of drug-likeness (QED) is 0.765. The van der Waals surface area contributed by atoms with E-state index >= 15 is 0 Å². The zero-order valence-electron chi connectivity index (χ0n) is 12.8. The van der Waals surface area contributed by atoms with Gasteiger partial charge in [-0.25, -0.2) is 0 Å². The zero-order valence-corrected chi connectivity index (χ0v) is 12.8. The Morgan fingerprint density at radius 2 is 2.00 bits per heavy atom. The van der Waals surface area contributed by atoms with Gasteiger partial charge in [0.05, 0.1) is 11.8 Å². The molecule has 1 fully saturated rings. The Morgan fingerprint density at radius 1 is 1.22 bits per heavy atom. The van der Waals surface area contributed by atoms with E-state index in [1.165, 1.54) is 12.5 Å². The maximum Gasteiger partial charge on any atom is 0.258 e. The zero-order chi connectivity index (χ0) is 16.2. The average Bonchev–Trinajstić information content (AvgIpc) is 3.16. The van der Waals surface area contributed by atoms with Crippen LogP contribution < -0.4 is 16.0 Å². The van der Waals surface area contributed by atoms with Crippen LogP contribution in [0.5, 0.6) is 0 Å². The van der Waals surface area contributed by atoms with Crippen LogP contribution in [0.3, 0.4) is 0 Å². The van der Waals surface area contributed by atoms with Crippen molar-refractivity contribution >= 4 is 23.2 Å². The summed E-state index contributed by atoms with van der Waals surface area (Å²) in [5, 5.41) is 8.89. The molecule has 0 saturated heterocycles. The Morgan fingerprint density at radius 3 is 2.70 bits per heavy atom. The molecule has 1 saturated carbocycles. The molecule has 1 aliphatic rings. The number of anilines is 2. The van der Waals surface area contributed by atoms with Gasteiger partial charge in [-0.1, -0.05) is 6.07 Å². The molecule has 1 unspecified atom stereocenters. The number of benzene rings is 1. The second kappa shape index (κ2) is 6.56. The van der Waals surface area contributed by atoms with Crippen molar-refractivity contribution in [2.24, 2.45) is 0 Å². The molecule has 6 heteroatoms. The van der Waals surface area contributed by atoms with Gasteiger partial charge < -0.3 is 20.4 Å². The molecule has 6 nitrogen and oxygen atoms in total. The van der Waals surface area contributed by atoms with Gasteiger partial charge in [-0.15, -0.1) is 0 Å². The summed E-state index contributed by atoms with van der Waals surface area (Å²) in [6.45, 7) is 1.81. The molecule has 1 aromatic carbocycles. The molecule has 1 aromatic heterocycles. The molecule has 2 aromatic rings. The Labute approximate surface area is 134 Å². The molecule has 2 amide bonds. The summed E-state index contributed by atoms with van der Waals surface area (Å²) in [4.78, 5) is 24.0. The van der Waals surface area contributed by atoms with E-state index in [0.29, 0.717) is 17.3 Å². The topological polar surface area (TPSA) is 83.4 Å². The smallest absolute Gasteiger partial charge is 0.258 e. The van der Waals surface area contributed by atoms with Crippen molar-refractivity contribution in [2.75, 3.05) is 10.6 Å². The largest absolute Gasteiger partial charge is 0.472 e. The summed E-state index contributed by atoms with van der Waals surface area (Å²) in [6, 6.07) is 8.86. The van der Waals surface area contributed by atoms with Crippen LogP contribution in [-0.4, -0.2) is 23.9 Å². The number of amides is 2. The maximum atomic E-state index is 12.0. The van der Waals surface area contributed by atoms with Crippen LogP contribution in [0.1, 0.15) is 30.1 Å². The molecule has 3 N–H and O–H groups in total.